The lowest BCUT2D eigenvalue weighted by Crippen LogP contribution is -2.23. The van der Waals surface area contributed by atoms with Crippen LogP contribution in [0.2, 0.25) is 0 Å². The Bertz CT molecular complexity index is 666. The third-order valence-corrected chi connectivity index (χ3v) is 2.71. The van der Waals surface area contributed by atoms with E-state index in [1.165, 1.54) is 35.7 Å². The normalized spacial score (nSPS) is 14.0. The maximum absolute atomic E-state index is 11.0. The van der Waals surface area contributed by atoms with Crippen molar-refractivity contribution in [2.24, 2.45) is 5.10 Å². The standard InChI is InChI=1S/C12H10N4O4/c17-12(18)8-1-9(3-15-16-5-13-14-6-16)11-10(2-8)4-19-7-20-11/h1-3,5-6H,4,7H2,(H,17,18)/p-1. The molecule has 2 aromatic rings. The van der Waals surface area contributed by atoms with Crippen molar-refractivity contribution >= 4 is 12.2 Å². The van der Waals surface area contributed by atoms with E-state index >= 15 is 0 Å². The van der Waals surface area contributed by atoms with Gasteiger partial charge in [-0.05, 0) is 17.7 Å². The van der Waals surface area contributed by atoms with Crippen LogP contribution in [-0.2, 0) is 11.3 Å². The third kappa shape index (κ3) is 2.36. The molecule has 0 spiro atoms. The summed E-state index contributed by atoms with van der Waals surface area (Å²) in [6.07, 6.45) is 4.30. The first-order valence-electron chi connectivity index (χ1n) is 5.72. The molecule has 1 aromatic heterocycles. The van der Waals surface area contributed by atoms with Gasteiger partial charge in [-0.1, -0.05) is 0 Å². The van der Waals surface area contributed by atoms with E-state index < -0.39 is 5.97 Å². The lowest BCUT2D eigenvalue weighted by atomic mass is 10.0. The highest BCUT2D eigenvalue weighted by molar-refractivity contribution is 5.92. The SMILES string of the molecule is O=C([O-])c1cc(C=Nn2cnnc2)c2c(c1)COCO2. The molecule has 0 unspecified atom stereocenters. The zero-order chi connectivity index (χ0) is 13.9. The predicted octanol–water partition coefficient (Wildman–Crippen LogP) is -0.610. The van der Waals surface area contributed by atoms with E-state index in [1.807, 2.05) is 0 Å². The van der Waals surface area contributed by atoms with E-state index in [0.29, 0.717) is 16.9 Å². The van der Waals surface area contributed by atoms with Crippen LogP contribution < -0.4 is 9.84 Å². The summed E-state index contributed by atoms with van der Waals surface area (Å²) in [5, 5.41) is 22.3. The maximum Gasteiger partial charge on any atom is 0.189 e. The number of rotatable bonds is 3. The van der Waals surface area contributed by atoms with E-state index in [-0.39, 0.29) is 19.0 Å². The van der Waals surface area contributed by atoms with Gasteiger partial charge in [0.05, 0.1) is 18.8 Å². The molecule has 2 heterocycles. The molecule has 102 valence electrons. The highest BCUT2D eigenvalue weighted by atomic mass is 16.7. The molecule has 0 aliphatic carbocycles. The molecule has 0 radical (unpaired) electrons. The molecular formula is C12H9N4O4-. The fraction of sp³-hybridized carbons (Fsp3) is 0.167. The van der Waals surface area contributed by atoms with Crippen LogP contribution in [0.25, 0.3) is 0 Å². The van der Waals surface area contributed by atoms with Crippen LogP contribution in [0.4, 0.5) is 0 Å². The average molecular weight is 273 g/mol. The number of ether oxygens (including phenoxy) is 2. The van der Waals surface area contributed by atoms with E-state index in [1.54, 1.807) is 0 Å². The van der Waals surface area contributed by atoms with Crippen molar-refractivity contribution in [2.75, 3.05) is 6.79 Å². The summed E-state index contributed by atoms with van der Waals surface area (Å²) < 4.78 is 11.9. The molecule has 8 heteroatoms. The summed E-state index contributed by atoms with van der Waals surface area (Å²) in [7, 11) is 0. The van der Waals surface area contributed by atoms with E-state index in [0.717, 1.165) is 0 Å². The Morgan fingerprint density at radius 3 is 2.95 bits per heavy atom. The number of benzene rings is 1. The van der Waals surface area contributed by atoms with Gasteiger partial charge in [-0.15, -0.1) is 10.2 Å². The molecule has 0 saturated heterocycles. The van der Waals surface area contributed by atoms with Crippen LogP contribution in [0.15, 0.2) is 29.9 Å². The number of nitrogens with zero attached hydrogens (tertiary/aromatic N) is 4. The number of carbonyl (C=O) groups excluding carboxylic acids is 1. The van der Waals surface area contributed by atoms with Crippen molar-refractivity contribution in [3.05, 3.63) is 41.5 Å². The Hall–Kier alpha value is -2.74. The molecule has 20 heavy (non-hydrogen) atoms. The Kier molecular flexibility index (Phi) is 3.13. The fourth-order valence-corrected chi connectivity index (χ4v) is 1.85. The van der Waals surface area contributed by atoms with E-state index in [2.05, 4.69) is 15.3 Å². The number of carbonyl (C=O) groups is 1. The Balaban J connectivity index is 2.03. The van der Waals surface area contributed by atoms with Crippen LogP contribution in [0.1, 0.15) is 21.5 Å². The summed E-state index contributed by atoms with van der Waals surface area (Å²) in [5.41, 5.74) is 1.21. The lowest BCUT2D eigenvalue weighted by molar-refractivity contribution is -0.255. The van der Waals surface area contributed by atoms with Crippen LogP contribution in [0.5, 0.6) is 5.75 Å². The molecule has 3 rings (SSSR count). The molecule has 1 aliphatic heterocycles. The number of carboxylic acids is 1. The van der Waals surface area contributed by atoms with Gasteiger partial charge in [-0.2, -0.15) is 5.10 Å². The van der Waals surface area contributed by atoms with Gasteiger partial charge in [0.2, 0.25) is 0 Å². The lowest BCUT2D eigenvalue weighted by Gasteiger charge is -2.20. The minimum Gasteiger partial charge on any atom is -0.545 e. The molecule has 8 nitrogen and oxygen atoms in total. The average Bonchev–Trinajstić information content (AvgIpc) is 2.97. The van der Waals surface area contributed by atoms with Crippen molar-refractivity contribution in [1.82, 2.24) is 14.9 Å². The van der Waals surface area contributed by atoms with Crippen LogP contribution >= 0.6 is 0 Å². The number of hydrogen-bond acceptors (Lipinski definition) is 7. The molecule has 1 aliphatic rings. The predicted molar refractivity (Wildman–Crippen MR) is 64.1 cm³/mol. The van der Waals surface area contributed by atoms with E-state index in [9.17, 15) is 9.90 Å². The van der Waals surface area contributed by atoms with Gasteiger partial charge < -0.3 is 19.4 Å². The van der Waals surface area contributed by atoms with Crippen molar-refractivity contribution in [1.29, 1.82) is 0 Å². The summed E-state index contributed by atoms with van der Waals surface area (Å²) >= 11 is 0. The van der Waals surface area contributed by atoms with Crippen LogP contribution in [0, 0.1) is 0 Å². The van der Waals surface area contributed by atoms with Gasteiger partial charge in [0.15, 0.2) is 6.79 Å². The smallest absolute Gasteiger partial charge is 0.189 e. The van der Waals surface area contributed by atoms with Crippen LogP contribution in [0.3, 0.4) is 0 Å². The van der Waals surface area contributed by atoms with Gasteiger partial charge >= 0.3 is 0 Å². The first-order valence-corrected chi connectivity index (χ1v) is 5.72. The quantitative estimate of drug-likeness (QED) is 0.691. The van der Waals surface area contributed by atoms with Gasteiger partial charge in [-0.25, -0.2) is 4.68 Å². The number of fused-ring (bicyclic) bond motifs is 1. The highest BCUT2D eigenvalue weighted by Crippen LogP contribution is 2.28. The van der Waals surface area contributed by atoms with E-state index in [4.69, 9.17) is 9.47 Å². The van der Waals surface area contributed by atoms with Crippen molar-refractivity contribution < 1.29 is 19.4 Å². The Morgan fingerprint density at radius 1 is 1.40 bits per heavy atom. The largest absolute Gasteiger partial charge is 0.545 e. The van der Waals surface area contributed by atoms with Crippen LogP contribution in [-0.4, -0.2) is 33.9 Å². The summed E-state index contributed by atoms with van der Waals surface area (Å²) in [6.45, 7) is 0.398. The zero-order valence-electron chi connectivity index (χ0n) is 10.2. The Morgan fingerprint density at radius 2 is 2.20 bits per heavy atom. The van der Waals surface area contributed by atoms with Crippen molar-refractivity contribution in [3.63, 3.8) is 0 Å². The van der Waals surface area contributed by atoms with Gasteiger partial charge in [0, 0.05) is 11.1 Å². The minimum atomic E-state index is -1.27. The Labute approximate surface area is 113 Å². The zero-order valence-corrected chi connectivity index (χ0v) is 10.2. The third-order valence-electron chi connectivity index (χ3n) is 2.71. The molecule has 0 atom stereocenters. The summed E-state index contributed by atoms with van der Waals surface area (Å²) in [5.74, 6) is -0.713. The van der Waals surface area contributed by atoms with Crippen molar-refractivity contribution in [3.8, 4) is 5.75 Å². The first kappa shape index (κ1) is 12.3. The van der Waals surface area contributed by atoms with Gasteiger partial charge in [-0.3, -0.25) is 0 Å². The number of carboxylic acid groups (broad SMARTS) is 1. The monoisotopic (exact) mass is 273 g/mol. The van der Waals surface area contributed by atoms with Crippen molar-refractivity contribution in [2.45, 2.75) is 6.61 Å². The number of aromatic nitrogens is 3. The minimum absolute atomic E-state index is 0.0445. The molecule has 0 N–H and O–H groups in total. The molecule has 0 amide bonds. The maximum atomic E-state index is 11.0. The second-order valence-corrected chi connectivity index (χ2v) is 4.04. The molecular weight excluding hydrogens is 264 g/mol. The molecule has 1 aromatic carbocycles. The first-order chi connectivity index (χ1) is 9.74. The number of hydrogen-bond donors (Lipinski definition) is 0. The molecule has 0 bridgehead atoms. The van der Waals surface area contributed by atoms with Gasteiger partial charge in [0.1, 0.15) is 18.4 Å². The van der Waals surface area contributed by atoms with Gasteiger partial charge in [0.25, 0.3) is 0 Å². The second kappa shape index (κ2) is 5.10. The fourth-order valence-electron chi connectivity index (χ4n) is 1.85. The number of aromatic carboxylic acids is 1. The summed E-state index contributed by atoms with van der Waals surface area (Å²) in [6, 6.07) is 2.91. The molecule has 0 saturated carbocycles. The second-order valence-electron chi connectivity index (χ2n) is 4.04. The topological polar surface area (TPSA) is 102 Å². The summed E-state index contributed by atoms with van der Waals surface area (Å²) in [4.78, 5) is 11.0. The molecule has 0 fully saturated rings. The highest BCUT2D eigenvalue weighted by Gasteiger charge is 2.16.